The standard InChI is InChI=1S/C12H23N3O2/c1-11(2,9(13)15-17)14-10(16)12(3)7-5-4-6-8-12/h17H,4-8H2,1-3H3,(H2,13,15)(H,14,16). The van der Waals surface area contributed by atoms with Crippen molar-refractivity contribution < 1.29 is 10.0 Å². The van der Waals surface area contributed by atoms with Crippen LogP contribution in [0.15, 0.2) is 5.16 Å². The minimum atomic E-state index is -0.813. The lowest BCUT2D eigenvalue weighted by molar-refractivity contribution is -0.132. The van der Waals surface area contributed by atoms with Crippen LogP contribution in [0.1, 0.15) is 52.9 Å². The predicted octanol–water partition coefficient (Wildman–Crippen LogP) is 1.60. The van der Waals surface area contributed by atoms with Crippen LogP contribution in [0.4, 0.5) is 0 Å². The number of nitrogens with zero attached hydrogens (tertiary/aromatic N) is 1. The van der Waals surface area contributed by atoms with Crippen LogP contribution < -0.4 is 11.1 Å². The molecule has 98 valence electrons. The fourth-order valence-electron chi connectivity index (χ4n) is 2.18. The van der Waals surface area contributed by atoms with E-state index in [9.17, 15) is 4.79 Å². The minimum Gasteiger partial charge on any atom is -0.409 e. The summed E-state index contributed by atoms with van der Waals surface area (Å²) < 4.78 is 0. The van der Waals surface area contributed by atoms with Crippen molar-refractivity contribution in [3.63, 3.8) is 0 Å². The van der Waals surface area contributed by atoms with Gasteiger partial charge in [-0.05, 0) is 26.7 Å². The average molecular weight is 241 g/mol. The molecule has 0 aliphatic heterocycles. The highest BCUT2D eigenvalue weighted by molar-refractivity contribution is 5.94. The second-order valence-electron chi connectivity index (χ2n) is 5.69. The third kappa shape index (κ3) is 3.11. The summed E-state index contributed by atoms with van der Waals surface area (Å²) in [5.74, 6) is 0.0130. The van der Waals surface area contributed by atoms with Gasteiger partial charge in [0, 0.05) is 5.41 Å². The molecule has 4 N–H and O–H groups in total. The second kappa shape index (κ2) is 4.94. The average Bonchev–Trinajstić information content (AvgIpc) is 2.28. The van der Waals surface area contributed by atoms with Gasteiger partial charge in [0.05, 0.1) is 5.54 Å². The zero-order chi connectivity index (χ0) is 13.1. The number of rotatable bonds is 3. The van der Waals surface area contributed by atoms with Gasteiger partial charge in [-0.1, -0.05) is 31.3 Å². The Morgan fingerprint density at radius 1 is 1.35 bits per heavy atom. The summed E-state index contributed by atoms with van der Waals surface area (Å²) >= 11 is 0. The Bertz CT molecular complexity index is 318. The summed E-state index contributed by atoms with van der Waals surface area (Å²) in [6.07, 6.45) is 5.20. The molecule has 5 nitrogen and oxygen atoms in total. The molecule has 0 saturated heterocycles. The van der Waals surface area contributed by atoms with Crippen LogP contribution in [-0.2, 0) is 4.79 Å². The SMILES string of the molecule is CC1(C(=O)NC(C)(C)C(N)=NO)CCCCC1. The molecule has 0 atom stereocenters. The van der Waals surface area contributed by atoms with Crippen molar-refractivity contribution in [3.05, 3.63) is 0 Å². The molecule has 1 aliphatic carbocycles. The first-order valence-corrected chi connectivity index (χ1v) is 6.12. The molecule has 0 heterocycles. The molecule has 1 saturated carbocycles. The van der Waals surface area contributed by atoms with Crippen molar-refractivity contribution in [1.82, 2.24) is 5.32 Å². The summed E-state index contributed by atoms with van der Waals surface area (Å²) in [5, 5.41) is 14.5. The smallest absolute Gasteiger partial charge is 0.226 e. The zero-order valence-electron chi connectivity index (χ0n) is 10.9. The van der Waals surface area contributed by atoms with E-state index in [1.54, 1.807) is 13.8 Å². The zero-order valence-corrected chi connectivity index (χ0v) is 10.9. The molecule has 0 radical (unpaired) electrons. The van der Waals surface area contributed by atoms with Crippen molar-refractivity contribution in [2.24, 2.45) is 16.3 Å². The Kier molecular flexibility index (Phi) is 4.01. The number of oxime groups is 1. The molecule has 1 rings (SSSR count). The predicted molar refractivity (Wildman–Crippen MR) is 66.8 cm³/mol. The van der Waals surface area contributed by atoms with Gasteiger partial charge in [-0.15, -0.1) is 0 Å². The van der Waals surface area contributed by atoms with Crippen LogP contribution >= 0.6 is 0 Å². The molecule has 17 heavy (non-hydrogen) atoms. The van der Waals surface area contributed by atoms with E-state index in [0.717, 1.165) is 25.7 Å². The highest BCUT2D eigenvalue weighted by Gasteiger charge is 2.38. The van der Waals surface area contributed by atoms with E-state index in [1.807, 2.05) is 6.92 Å². The number of nitrogens with two attached hydrogens (primary N) is 1. The monoisotopic (exact) mass is 241 g/mol. The number of hydrogen-bond donors (Lipinski definition) is 3. The van der Waals surface area contributed by atoms with E-state index in [1.165, 1.54) is 6.42 Å². The van der Waals surface area contributed by atoms with Crippen LogP contribution in [0.25, 0.3) is 0 Å². The molecule has 0 spiro atoms. The highest BCUT2D eigenvalue weighted by Crippen LogP contribution is 2.36. The molecule has 1 fully saturated rings. The summed E-state index contributed by atoms with van der Waals surface area (Å²) in [6.45, 7) is 5.45. The molecule has 0 aromatic heterocycles. The van der Waals surface area contributed by atoms with Gasteiger partial charge in [-0.3, -0.25) is 4.79 Å². The Morgan fingerprint density at radius 3 is 2.35 bits per heavy atom. The van der Waals surface area contributed by atoms with Gasteiger partial charge in [0.1, 0.15) is 0 Å². The van der Waals surface area contributed by atoms with Gasteiger partial charge >= 0.3 is 0 Å². The number of amides is 1. The third-order valence-corrected chi connectivity index (χ3v) is 3.68. The van der Waals surface area contributed by atoms with Crippen molar-refractivity contribution in [3.8, 4) is 0 Å². The van der Waals surface area contributed by atoms with Gasteiger partial charge in [0.25, 0.3) is 0 Å². The van der Waals surface area contributed by atoms with Gasteiger partial charge in [-0.2, -0.15) is 0 Å². The molecule has 0 aromatic carbocycles. The largest absolute Gasteiger partial charge is 0.409 e. The molecule has 1 aliphatic rings. The molecule has 0 unspecified atom stereocenters. The van der Waals surface area contributed by atoms with Gasteiger partial charge in [0.15, 0.2) is 5.84 Å². The number of nitrogens with one attached hydrogen (secondary N) is 1. The minimum absolute atomic E-state index is 0.00574. The Balaban J connectivity index is 2.71. The summed E-state index contributed by atoms with van der Waals surface area (Å²) in [6, 6.07) is 0. The fraction of sp³-hybridized carbons (Fsp3) is 0.833. The van der Waals surface area contributed by atoms with Crippen LogP contribution in [0.5, 0.6) is 0 Å². The Labute approximate surface area is 102 Å². The van der Waals surface area contributed by atoms with E-state index in [2.05, 4.69) is 10.5 Å². The molecule has 0 bridgehead atoms. The molecule has 1 amide bonds. The van der Waals surface area contributed by atoms with Crippen molar-refractivity contribution in [2.45, 2.75) is 58.4 Å². The van der Waals surface area contributed by atoms with Crippen molar-refractivity contribution >= 4 is 11.7 Å². The Hall–Kier alpha value is -1.26. The van der Waals surface area contributed by atoms with E-state index in [4.69, 9.17) is 10.9 Å². The maximum absolute atomic E-state index is 12.3. The van der Waals surface area contributed by atoms with Crippen LogP contribution in [0.3, 0.4) is 0 Å². The number of hydrogen-bond acceptors (Lipinski definition) is 3. The number of amidine groups is 1. The molecule has 0 aromatic rings. The molecule has 5 heteroatoms. The third-order valence-electron chi connectivity index (χ3n) is 3.68. The second-order valence-corrected chi connectivity index (χ2v) is 5.69. The maximum atomic E-state index is 12.3. The Morgan fingerprint density at radius 2 is 1.88 bits per heavy atom. The van der Waals surface area contributed by atoms with Gasteiger partial charge in [-0.25, -0.2) is 0 Å². The lowest BCUT2D eigenvalue weighted by Crippen LogP contribution is -2.56. The molecular weight excluding hydrogens is 218 g/mol. The topological polar surface area (TPSA) is 87.7 Å². The van der Waals surface area contributed by atoms with Crippen LogP contribution in [-0.4, -0.2) is 22.5 Å². The number of carbonyl (C=O) groups excluding carboxylic acids is 1. The normalized spacial score (nSPS) is 21.0. The van der Waals surface area contributed by atoms with Gasteiger partial charge < -0.3 is 16.3 Å². The van der Waals surface area contributed by atoms with Crippen molar-refractivity contribution in [1.29, 1.82) is 0 Å². The lowest BCUT2D eigenvalue weighted by atomic mass is 9.74. The summed E-state index contributed by atoms with van der Waals surface area (Å²) in [5.41, 5.74) is 4.43. The number of carbonyl (C=O) groups is 1. The van der Waals surface area contributed by atoms with Gasteiger partial charge in [0.2, 0.25) is 5.91 Å². The van der Waals surface area contributed by atoms with Crippen LogP contribution in [0.2, 0.25) is 0 Å². The fourth-order valence-corrected chi connectivity index (χ4v) is 2.18. The lowest BCUT2D eigenvalue weighted by Gasteiger charge is -2.35. The molecular formula is C12H23N3O2. The first kappa shape index (κ1) is 13.8. The first-order valence-electron chi connectivity index (χ1n) is 6.12. The quantitative estimate of drug-likeness (QED) is 0.303. The van der Waals surface area contributed by atoms with E-state index in [0.29, 0.717) is 0 Å². The summed E-state index contributed by atoms with van der Waals surface area (Å²) in [7, 11) is 0. The van der Waals surface area contributed by atoms with Crippen molar-refractivity contribution in [2.75, 3.05) is 0 Å². The first-order chi connectivity index (χ1) is 7.82. The summed E-state index contributed by atoms with van der Waals surface area (Å²) in [4.78, 5) is 12.3. The van der Waals surface area contributed by atoms with E-state index in [-0.39, 0.29) is 17.2 Å². The van der Waals surface area contributed by atoms with E-state index < -0.39 is 5.54 Å². The maximum Gasteiger partial charge on any atom is 0.226 e. The highest BCUT2D eigenvalue weighted by atomic mass is 16.4. The van der Waals surface area contributed by atoms with Crippen LogP contribution in [0, 0.1) is 5.41 Å². The van der Waals surface area contributed by atoms with E-state index >= 15 is 0 Å².